The first-order chi connectivity index (χ1) is 9.36. The van der Waals surface area contributed by atoms with E-state index in [2.05, 4.69) is 5.32 Å². The van der Waals surface area contributed by atoms with Gasteiger partial charge in [0.05, 0.1) is 18.6 Å². The second kappa shape index (κ2) is 7.25. The molecule has 0 atom stereocenters. The average molecular weight is 290 g/mol. The summed E-state index contributed by atoms with van der Waals surface area (Å²) in [5, 5.41) is 2.41. The number of rotatable bonds is 6. The van der Waals surface area contributed by atoms with Crippen LogP contribution in [0.5, 0.6) is 0 Å². The maximum atomic E-state index is 12.7. The lowest BCUT2D eigenvalue weighted by molar-refractivity contribution is -0.137. The molecule has 1 aromatic rings. The van der Waals surface area contributed by atoms with Gasteiger partial charge in [-0.25, -0.2) is 0 Å². The van der Waals surface area contributed by atoms with E-state index in [-0.39, 0.29) is 25.3 Å². The van der Waals surface area contributed by atoms with Crippen molar-refractivity contribution in [3.63, 3.8) is 0 Å². The van der Waals surface area contributed by atoms with Gasteiger partial charge in [0.1, 0.15) is 0 Å². The van der Waals surface area contributed by atoms with Gasteiger partial charge in [0.2, 0.25) is 5.91 Å². The van der Waals surface area contributed by atoms with Gasteiger partial charge < -0.3 is 15.8 Å². The Morgan fingerprint density at radius 3 is 2.60 bits per heavy atom. The number of ether oxygens (including phenoxy) is 1. The Morgan fingerprint density at radius 2 is 2.05 bits per heavy atom. The zero-order valence-electron chi connectivity index (χ0n) is 11.1. The number of benzene rings is 1. The van der Waals surface area contributed by atoms with Gasteiger partial charge in [-0.15, -0.1) is 0 Å². The minimum atomic E-state index is -4.48. The van der Waals surface area contributed by atoms with E-state index >= 15 is 0 Å². The molecule has 0 unspecified atom stereocenters. The van der Waals surface area contributed by atoms with Crippen LogP contribution in [-0.4, -0.2) is 19.1 Å². The van der Waals surface area contributed by atoms with Gasteiger partial charge in [-0.1, -0.05) is 0 Å². The molecule has 0 bridgehead atoms. The van der Waals surface area contributed by atoms with E-state index < -0.39 is 17.6 Å². The molecule has 0 heterocycles. The van der Waals surface area contributed by atoms with Gasteiger partial charge in [-0.05, 0) is 30.7 Å². The molecule has 20 heavy (non-hydrogen) atoms. The highest BCUT2D eigenvalue weighted by Crippen LogP contribution is 2.32. The van der Waals surface area contributed by atoms with Crippen LogP contribution in [0, 0.1) is 0 Å². The number of hydrogen-bond donors (Lipinski definition) is 2. The maximum absolute atomic E-state index is 12.7. The Labute approximate surface area is 115 Å². The fourth-order valence-electron chi connectivity index (χ4n) is 1.58. The third-order valence-electron chi connectivity index (χ3n) is 2.52. The number of anilines is 1. The SMILES string of the molecule is CCOCCC(=O)Nc1cc(CN)cc(C(F)(F)F)c1. The summed E-state index contributed by atoms with van der Waals surface area (Å²) in [5.41, 5.74) is 4.92. The van der Waals surface area contributed by atoms with Crippen LogP contribution in [0.2, 0.25) is 0 Å². The summed E-state index contributed by atoms with van der Waals surface area (Å²) >= 11 is 0. The van der Waals surface area contributed by atoms with E-state index in [0.29, 0.717) is 12.2 Å². The van der Waals surface area contributed by atoms with Crippen LogP contribution in [0.3, 0.4) is 0 Å². The Balaban J connectivity index is 2.81. The summed E-state index contributed by atoms with van der Waals surface area (Å²) in [6.45, 7) is 2.46. The lowest BCUT2D eigenvalue weighted by Crippen LogP contribution is -2.16. The quantitative estimate of drug-likeness (QED) is 0.791. The molecule has 0 aliphatic carbocycles. The van der Waals surface area contributed by atoms with E-state index in [1.807, 2.05) is 0 Å². The van der Waals surface area contributed by atoms with Gasteiger partial charge in [-0.2, -0.15) is 13.2 Å². The number of alkyl halides is 3. The molecule has 112 valence electrons. The van der Waals surface area contributed by atoms with Crippen LogP contribution >= 0.6 is 0 Å². The van der Waals surface area contributed by atoms with E-state index in [1.54, 1.807) is 6.92 Å². The first kappa shape index (κ1) is 16.5. The Kier molecular flexibility index (Phi) is 5.97. The first-order valence-corrected chi connectivity index (χ1v) is 6.15. The third kappa shape index (κ3) is 5.18. The van der Waals surface area contributed by atoms with Crippen LogP contribution in [-0.2, 0) is 22.3 Å². The number of hydrogen-bond acceptors (Lipinski definition) is 3. The normalized spacial score (nSPS) is 11.4. The number of carbonyl (C=O) groups excluding carboxylic acids is 1. The monoisotopic (exact) mass is 290 g/mol. The van der Waals surface area contributed by atoms with Crippen molar-refractivity contribution in [1.82, 2.24) is 0 Å². The molecule has 4 nitrogen and oxygen atoms in total. The van der Waals surface area contributed by atoms with Gasteiger partial charge in [0.15, 0.2) is 0 Å². The average Bonchev–Trinajstić information content (AvgIpc) is 2.37. The van der Waals surface area contributed by atoms with Crippen LogP contribution < -0.4 is 11.1 Å². The molecule has 0 radical (unpaired) electrons. The second-order valence-electron chi connectivity index (χ2n) is 4.12. The topological polar surface area (TPSA) is 64.3 Å². The summed E-state index contributed by atoms with van der Waals surface area (Å²) in [6, 6.07) is 3.28. The molecule has 3 N–H and O–H groups in total. The first-order valence-electron chi connectivity index (χ1n) is 6.15. The molecular weight excluding hydrogens is 273 g/mol. The molecule has 1 amide bonds. The zero-order chi connectivity index (χ0) is 15.2. The molecular formula is C13H17F3N2O2. The van der Waals surface area contributed by atoms with Crippen LogP contribution in [0.1, 0.15) is 24.5 Å². The molecule has 0 aromatic heterocycles. The van der Waals surface area contributed by atoms with Crippen molar-refractivity contribution in [2.45, 2.75) is 26.1 Å². The molecule has 1 aromatic carbocycles. The zero-order valence-corrected chi connectivity index (χ0v) is 11.1. The van der Waals surface area contributed by atoms with E-state index in [1.165, 1.54) is 6.07 Å². The number of amides is 1. The number of carbonyl (C=O) groups is 1. The Hall–Kier alpha value is -1.60. The van der Waals surface area contributed by atoms with Gasteiger partial charge in [0.25, 0.3) is 0 Å². The van der Waals surface area contributed by atoms with Crippen molar-refractivity contribution in [2.24, 2.45) is 5.73 Å². The maximum Gasteiger partial charge on any atom is 0.416 e. The van der Waals surface area contributed by atoms with Crippen molar-refractivity contribution >= 4 is 11.6 Å². The summed E-state index contributed by atoms with van der Waals surface area (Å²) < 4.78 is 43.1. The molecule has 0 fully saturated rings. The van der Waals surface area contributed by atoms with Crippen molar-refractivity contribution < 1.29 is 22.7 Å². The third-order valence-corrected chi connectivity index (χ3v) is 2.52. The van der Waals surface area contributed by atoms with Gasteiger partial charge >= 0.3 is 6.18 Å². The van der Waals surface area contributed by atoms with Gasteiger partial charge in [0, 0.05) is 18.8 Å². The van der Waals surface area contributed by atoms with Crippen molar-refractivity contribution in [1.29, 1.82) is 0 Å². The van der Waals surface area contributed by atoms with E-state index in [9.17, 15) is 18.0 Å². The second-order valence-corrected chi connectivity index (χ2v) is 4.12. The Bertz CT molecular complexity index is 461. The molecule has 0 aliphatic rings. The Morgan fingerprint density at radius 1 is 1.35 bits per heavy atom. The van der Waals surface area contributed by atoms with E-state index in [0.717, 1.165) is 12.1 Å². The predicted molar refractivity (Wildman–Crippen MR) is 69.1 cm³/mol. The van der Waals surface area contributed by atoms with Gasteiger partial charge in [-0.3, -0.25) is 4.79 Å². The molecule has 0 saturated heterocycles. The molecule has 0 saturated carbocycles. The smallest absolute Gasteiger partial charge is 0.381 e. The lowest BCUT2D eigenvalue weighted by Gasteiger charge is -2.12. The van der Waals surface area contributed by atoms with E-state index in [4.69, 9.17) is 10.5 Å². The fourth-order valence-corrected chi connectivity index (χ4v) is 1.58. The molecule has 0 aliphatic heterocycles. The molecule has 7 heteroatoms. The number of nitrogens with two attached hydrogens (primary N) is 1. The van der Waals surface area contributed by atoms with Crippen LogP contribution in [0.4, 0.5) is 18.9 Å². The summed E-state index contributed by atoms with van der Waals surface area (Å²) in [7, 11) is 0. The largest absolute Gasteiger partial charge is 0.416 e. The van der Waals surface area contributed by atoms with Crippen LogP contribution in [0.15, 0.2) is 18.2 Å². The molecule has 1 rings (SSSR count). The fraction of sp³-hybridized carbons (Fsp3) is 0.462. The number of nitrogens with one attached hydrogen (secondary N) is 1. The highest BCUT2D eigenvalue weighted by molar-refractivity contribution is 5.91. The standard InChI is InChI=1S/C13H17F3N2O2/c1-2-20-4-3-12(19)18-11-6-9(8-17)5-10(7-11)13(14,15)16/h5-7H,2-4,8,17H2,1H3,(H,18,19). The van der Waals surface area contributed by atoms with Crippen LogP contribution in [0.25, 0.3) is 0 Å². The molecule has 0 spiro atoms. The summed E-state index contributed by atoms with van der Waals surface area (Å²) in [5.74, 6) is -0.402. The lowest BCUT2D eigenvalue weighted by atomic mass is 10.1. The van der Waals surface area contributed by atoms with Crippen molar-refractivity contribution in [3.05, 3.63) is 29.3 Å². The number of halogens is 3. The predicted octanol–water partition coefficient (Wildman–Crippen LogP) is 2.53. The summed E-state index contributed by atoms with van der Waals surface area (Å²) in [4.78, 5) is 11.5. The minimum absolute atomic E-state index is 0.0360. The highest BCUT2D eigenvalue weighted by Gasteiger charge is 2.31. The van der Waals surface area contributed by atoms with Crippen molar-refractivity contribution in [2.75, 3.05) is 18.5 Å². The highest BCUT2D eigenvalue weighted by atomic mass is 19.4. The summed E-state index contributed by atoms with van der Waals surface area (Å²) in [6.07, 6.45) is -4.39. The van der Waals surface area contributed by atoms with Crippen molar-refractivity contribution in [3.8, 4) is 0 Å². The minimum Gasteiger partial charge on any atom is -0.381 e.